The summed E-state index contributed by atoms with van der Waals surface area (Å²) in [6.07, 6.45) is 2.23. The second-order valence-corrected chi connectivity index (χ2v) is 6.46. The van der Waals surface area contributed by atoms with Gasteiger partial charge in [-0.3, -0.25) is 19.9 Å². The molecule has 1 aliphatic heterocycles. The number of nitrogens with one attached hydrogen (secondary N) is 1. The molecule has 110 valence electrons. The Bertz CT molecular complexity index is 323. The maximum Gasteiger partial charge on any atom is 0.324 e. The van der Waals surface area contributed by atoms with Gasteiger partial charge in [-0.05, 0) is 33.6 Å². The normalized spacial score (nSPS) is 25.5. The summed E-state index contributed by atoms with van der Waals surface area (Å²) in [6.45, 7) is 10.9. The van der Waals surface area contributed by atoms with Crippen molar-refractivity contribution >= 4 is 5.97 Å². The van der Waals surface area contributed by atoms with Crippen LogP contribution in [0.4, 0.5) is 0 Å². The number of nitrogens with zero attached hydrogens (tertiary/aromatic N) is 2. The van der Waals surface area contributed by atoms with E-state index < -0.39 is 11.5 Å². The van der Waals surface area contributed by atoms with Crippen molar-refractivity contribution in [1.29, 1.82) is 0 Å². The Morgan fingerprint density at radius 3 is 2.32 bits per heavy atom. The Morgan fingerprint density at radius 2 is 1.89 bits per heavy atom. The second-order valence-electron chi connectivity index (χ2n) is 6.46. The highest BCUT2D eigenvalue weighted by Crippen LogP contribution is 2.23. The third kappa shape index (κ3) is 3.91. The van der Waals surface area contributed by atoms with E-state index in [0.717, 1.165) is 39.0 Å². The molecule has 2 N–H and O–H groups in total. The molecule has 1 atom stereocenters. The van der Waals surface area contributed by atoms with Gasteiger partial charge in [0.25, 0.3) is 0 Å². The van der Waals surface area contributed by atoms with Crippen LogP contribution < -0.4 is 5.32 Å². The molecule has 5 nitrogen and oxygen atoms in total. The molecule has 1 unspecified atom stereocenters. The predicted octanol–water partition coefficient (Wildman–Crippen LogP) is 0.608. The molecular weight excluding hydrogens is 242 g/mol. The van der Waals surface area contributed by atoms with Crippen LogP contribution in [0.5, 0.6) is 0 Å². The van der Waals surface area contributed by atoms with Crippen molar-refractivity contribution in [3.05, 3.63) is 0 Å². The van der Waals surface area contributed by atoms with Gasteiger partial charge in [-0.2, -0.15) is 0 Å². The van der Waals surface area contributed by atoms with E-state index in [1.807, 2.05) is 6.92 Å². The van der Waals surface area contributed by atoms with Gasteiger partial charge < -0.3 is 5.11 Å². The van der Waals surface area contributed by atoms with E-state index in [-0.39, 0.29) is 0 Å². The highest BCUT2D eigenvalue weighted by Gasteiger charge is 2.40. The van der Waals surface area contributed by atoms with Crippen molar-refractivity contribution in [3.8, 4) is 0 Å². The van der Waals surface area contributed by atoms with Gasteiger partial charge in [0, 0.05) is 44.8 Å². The molecule has 0 radical (unpaired) electrons. The zero-order valence-electron chi connectivity index (χ0n) is 12.4. The summed E-state index contributed by atoms with van der Waals surface area (Å²) in [6, 6.07) is 0.996. The lowest BCUT2D eigenvalue weighted by Crippen LogP contribution is -2.60. The van der Waals surface area contributed by atoms with Crippen molar-refractivity contribution in [2.24, 2.45) is 0 Å². The Hall–Kier alpha value is -0.650. The Morgan fingerprint density at radius 1 is 1.32 bits per heavy atom. The molecule has 0 amide bonds. The van der Waals surface area contributed by atoms with E-state index in [2.05, 4.69) is 29.0 Å². The summed E-state index contributed by atoms with van der Waals surface area (Å²) < 4.78 is 0. The van der Waals surface area contributed by atoms with Crippen molar-refractivity contribution < 1.29 is 9.90 Å². The molecule has 2 aliphatic rings. The van der Waals surface area contributed by atoms with E-state index in [4.69, 9.17) is 0 Å². The minimum atomic E-state index is -0.804. The molecule has 0 spiro atoms. The highest BCUT2D eigenvalue weighted by molar-refractivity contribution is 5.78. The highest BCUT2D eigenvalue weighted by atomic mass is 16.4. The number of piperazine rings is 1. The summed E-state index contributed by atoms with van der Waals surface area (Å²) in [4.78, 5) is 16.3. The SMILES string of the molecule is CC(C)N1CCN(CC(C)(NC2CC2)C(=O)O)CC1. The van der Waals surface area contributed by atoms with Crippen molar-refractivity contribution in [3.63, 3.8) is 0 Å². The molecule has 2 fully saturated rings. The maximum absolute atomic E-state index is 11.5. The molecule has 2 rings (SSSR count). The Labute approximate surface area is 115 Å². The number of aliphatic carboxylic acids is 1. The largest absolute Gasteiger partial charge is 0.480 e. The van der Waals surface area contributed by atoms with Crippen molar-refractivity contribution in [1.82, 2.24) is 15.1 Å². The van der Waals surface area contributed by atoms with Gasteiger partial charge in [0.2, 0.25) is 0 Å². The first-order valence-electron chi connectivity index (χ1n) is 7.38. The smallest absolute Gasteiger partial charge is 0.324 e. The first-order valence-corrected chi connectivity index (χ1v) is 7.38. The second kappa shape index (κ2) is 5.77. The minimum absolute atomic E-state index is 0.415. The average Bonchev–Trinajstić information content (AvgIpc) is 3.13. The van der Waals surface area contributed by atoms with Crippen LogP contribution in [0.2, 0.25) is 0 Å². The molecule has 0 aromatic heterocycles. The molecule has 1 saturated carbocycles. The molecule has 1 heterocycles. The summed E-state index contributed by atoms with van der Waals surface area (Å²) in [7, 11) is 0. The first kappa shape index (κ1) is 14.8. The molecule has 0 bridgehead atoms. The van der Waals surface area contributed by atoms with Crippen molar-refractivity contribution in [2.45, 2.75) is 51.2 Å². The van der Waals surface area contributed by atoms with E-state index >= 15 is 0 Å². The van der Waals surface area contributed by atoms with Gasteiger partial charge in [-0.25, -0.2) is 0 Å². The van der Waals surface area contributed by atoms with Gasteiger partial charge in [0.1, 0.15) is 5.54 Å². The van der Waals surface area contributed by atoms with E-state index in [9.17, 15) is 9.90 Å². The minimum Gasteiger partial charge on any atom is -0.480 e. The Kier molecular flexibility index (Phi) is 4.48. The van der Waals surface area contributed by atoms with E-state index in [1.54, 1.807) is 0 Å². The van der Waals surface area contributed by atoms with Crippen LogP contribution in [0, 0.1) is 0 Å². The van der Waals surface area contributed by atoms with E-state index in [0.29, 0.717) is 18.6 Å². The third-order valence-electron chi connectivity index (χ3n) is 4.25. The first-order chi connectivity index (χ1) is 8.90. The fourth-order valence-electron chi connectivity index (χ4n) is 2.74. The molecule has 0 aromatic carbocycles. The number of carboxylic acids is 1. The summed E-state index contributed by atoms with van der Waals surface area (Å²) in [5, 5.41) is 12.8. The fourth-order valence-corrected chi connectivity index (χ4v) is 2.74. The summed E-state index contributed by atoms with van der Waals surface area (Å²) in [5.41, 5.74) is -0.804. The van der Waals surface area contributed by atoms with E-state index in [1.165, 1.54) is 0 Å². The lowest BCUT2D eigenvalue weighted by Gasteiger charge is -2.40. The lowest BCUT2D eigenvalue weighted by molar-refractivity contribution is -0.145. The van der Waals surface area contributed by atoms with Gasteiger partial charge in [-0.15, -0.1) is 0 Å². The lowest BCUT2D eigenvalue weighted by atomic mass is 10.0. The van der Waals surface area contributed by atoms with Gasteiger partial charge in [0.15, 0.2) is 0 Å². The van der Waals surface area contributed by atoms with Crippen LogP contribution in [-0.2, 0) is 4.79 Å². The van der Waals surface area contributed by atoms with Crippen LogP contribution in [0.3, 0.4) is 0 Å². The van der Waals surface area contributed by atoms with Gasteiger partial charge >= 0.3 is 5.97 Å². The topological polar surface area (TPSA) is 55.8 Å². The number of carboxylic acid groups (broad SMARTS) is 1. The number of hydrogen-bond acceptors (Lipinski definition) is 4. The van der Waals surface area contributed by atoms with Crippen LogP contribution >= 0.6 is 0 Å². The zero-order chi connectivity index (χ0) is 14.0. The number of hydrogen-bond donors (Lipinski definition) is 2. The molecular formula is C14H27N3O2. The van der Waals surface area contributed by atoms with Gasteiger partial charge in [-0.1, -0.05) is 0 Å². The molecule has 0 aromatic rings. The zero-order valence-corrected chi connectivity index (χ0v) is 12.4. The molecule has 19 heavy (non-hydrogen) atoms. The van der Waals surface area contributed by atoms with Crippen LogP contribution in [0.25, 0.3) is 0 Å². The predicted molar refractivity (Wildman–Crippen MR) is 75.3 cm³/mol. The van der Waals surface area contributed by atoms with Crippen molar-refractivity contribution in [2.75, 3.05) is 32.7 Å². The standard InChI is InChI=1S/C14H27N3O2/c1-11(2)17-8-6-16(7-9-17)10-14(3,13(18)19)15-12-4-5-12/h11-12,15H,4-10H2,1-3H3,(H,18,19). The van der Waals surface area contributed by atoms with Crippen LogP contribution in [0.1, 0.15) is 33.6 Å². The molecule has 5 heteroatoms. The average molecular weight is 269 g/mol. The van der Waals surface area contributed by atoms with Crippen LogP contribution in [0.15, 0.2) is 0 Å². The molecule has 1 saturated heterocycles. The summed E-state index contributed by atoms with van der Waals surface area (Å²) >= 11 is 0. The van der Waals surface area contributed by atoms with Crippen LogP contribution in [-0.4, -0.2) is 71.2 Å². The monoisotopic (exact) mass is 269 g/mol. The van der Waals surface area contributed by atoms with Gasteiger partial charge in [0.05, 0.1) is 0 Å². The number of carbonyl (C=O) groups is 1. The quantitative estimate of drug-likeness (QED) is 0.740. The maximum atomic E-state index is 11.5. The Balaban J connectivity index is 1.86. The molecule has 1 aliphatic carbocycles. The fraction of sp³-hybridized carbons (Fsp3) is 0.929. The third-order valence-corrected chi connectivity index (χ3v) is 4.25. The number of rotatable bonds is 6. The summed E-state index contributed by atoms with van der Waals surface area (Å²) in [5.74, 6) is -0.731.